The normalized spacial score (nSPS) is 10.7. The number of carboxylic acid groups (broad SMARTS) is 1. The second kappa shape index (κ2) is 6.76. The molecule has 0 radical (unpaired) electrons. The molecule has 3 aromatic rings. The number of fused-ring (bicyclic) bond motifs is 1. The molecule has 0 aliphatic carbocycles. The number of rotatable bonds is 6. The predicted molar refractivity (Wildman–Crippen MR) is 94.7 cm³/mol. The van der Waals surface area contributed by atoms with E-state index in [9.17, 15) is 9.90 Å². The molecule has 0 aliphatic rings. The number of ether oxygens (including phenoxy) is 3. The average molecular weight is 341 g/mol. The van der Waals surface area contributed by atoms with Gasteiger partial charge in [-0.15, -0.1) is 0 Å². The number of nitrogens with one attached hydrogen (secondary N) is 1. The molecular weight excluding hydrogens is 322 g/mol. The third-order valence-electron chi connectivity index (χ3n) is 4.12. The molecule has 0 aliphatic heterocycles. The number of carboxylic acids is 1. The van der Waals surface area contributed by atoms with Crippen LogP contribution in [0.25, 0.3) is 22.2 Å². The van der Waals surface area contributed by atoms with E-state index in [0.717, 1.165) is 16.5 Å². The van der Waals surface area contributed by atoms with Crippen LogP contribution < -0.4 is 14.2 Å². The quantitative estimate of drug-likeness (QED) is 0.717. The van der Waals surface area contributed by atoms with E-state index in [1.165, 1.54) is 0 Å². The van der Waals surface area contributed by atoms with Crippen LogP contribution in [-0.2, 0) is 11.2 Å². The van der Waals surface area contributed by atoms with Crippen molar-refractivity contribution in [2.24, 2.45) is 0 Å². The van der Waals surface area contributed by atoms with Crippen LogP contribution in [0.5, 0.6) is 17.2 Å². The molecule has 0 fully saturated rings. The molecule has 6 heteroatoms. The van der Waals surface area contributed by atoms with Crippen LogP contribution in [0.4, 0.5) is 0 Å². The van der Waals surface area contributed by atoms with Gasteiger partial charge in [0.1, 0.15) is 17.2 Å². The van der Waals surface area contributed by atoms with Gasteiger partial charge in [0.25, 0.3) is 0 Å². The first kappa shape index (κ1) is 16.7. The van der Waals surface area contributed by atoms with Crippen molar-refractivity contribution in [1.82, 2.24) is 4.98 Å². The maximum absolute atomic E-state index is 11.4. The number of benzene rings is 2. The highest BCUT2D eigenvalue weighted by Crippen LogP contribution is 2.38. The van der Waals surface area contributed by atoms with Crippen molar-refractivity contribution < 1.29 is 24.1 Å². The standard InChI is InChI=1S/C19H19NO5/c1-23-11-5-7-16-14(8-11)15(10-18(21)22)19(20-16)13-6-4-12(24-2)9-17(13)25-3/h4-9,20H,10H2,1-3H3,(H,21,22). The van der Waals surface area contributed by atoms with Crippen molar-refractivity contribution in [3.63, 3.8) is 0 Å². The third kappa shape index (κ3) is 3.10. The number of methoxy groups -OCH3 is 3. The Morgan fingerprint density at radius 1 is 1.00 bits per heavy atom. The molecule has 0 bridgehead atoms. The molecule has 0 amide bonds. The molecular formula is C19H19NO5. The van der Waals surface area contributed by atoms with Crippen LogP contribution in [0.15, 0.2) is 36.4 Å². The predicted octanol–water partition coefficient (Wildman–Crippen LogP) is 3.49. The van der Waals surface area contributed by atoms with Gasteiger partial charge < -0.3 is 24.3 Å². The summed E-state index contributed by atoms with van der Waals surface area (Å²) in [6.07, 6.45) is -0.113. The van der Waals surface area contributed by atoms with E-state index >= 15 is 0 Å². The van der Waals surface area contributed by atoms with Crippen molar-refractivity contribution >= 4 is 16.9 Å². The highest BCUT2D eigenvalue weighted by atomic mass is 16.5. The molecule has 0 atom stereocenters. The Morgan fingerprint density at radius 2 is 1.68 bits per heavy atom. The lowest BCUT2D eigenvalue weighted by atomic mass is 10.0. The molecule has 6 nitrogen and oxygen atoms in total. The van der Waals surface area contributed by atoms with Gasteiger partial charge in [-0.1, -0.05) is 0 Å². The summed E-state index contributed by atoms with van der Waals surface area (Å²) in [6.45, 7) is 0. The van der Waals surface area contributed by atoms with Gasteiger partial charge in [0.15, 0.2) is 0 Å². The lowest BCUT2D eigenvalue weighted by Gasteiger charge is -2.11. The van der Waals surface area contributed by atoms with Crippen molar-refractivity contribution in [2.75, 3.05) is 21.3 Å². The minimum Gasteiger partial charge on any atom is -0.497 e. The summed E-state index contributed by atoms with van der Waals surface area (Å²) in [6, 6.07) is 11.0. The largest absolute Gasteiger partial charge is 0.497 e. The molecule has 2 aromatic carbocycles. The van der Waals surface area contributed by atoms with Crippen LogP contribution in [0.3, 0.4) is 0 Å². The molecule has 3 rings (SSSR count). The molecule has 0 saturated heterocycles. The second-order valence-electron chi connectivity index (χ2n) is 5.53. The maximum Gasteiger partial charge on any atom is 0.307 e. The lowest BCUT2D eigenvalue weighted by Crippen LogP contribution is -2.01. The Labute approximate surface area is 145 Å². The SMILES string of the molecule is COc1ccc(-c2[nH]c3ccc(OC)cc3c2CC(=O)O)c(OC)c1. The zero-order valence-corrected chi connectivity index (χ0v) is 14.3. The Kier molecular flexibility index (Phi) is 4.52. The minimum atomic E-state index is -0.905. The number of aliphatic carboxylic acids is 1. The van der Waals surface area contributed by atoms with Crippen LogP contribution in [0.1, 0.15) is 5.56 Å². The van der Waals surface area contributed by atoms with Gasteiger partial charge in [0.2, 0.25) is 0 Å². The maximum atomic E-state index is 11.4. The number of hydrogen-bond acceptors (Lipinski definition) is 4. The molecule has 2 N–H and O–H groups in total. The fourth-order valence-corrected chi connectivity index (χ4v) is 2.92. The van der Waals surface area contributed by atoms with Gasteiger partial charge in [-0.05, 0) is 35.9 Å². The molecule has 1 aromatic heterocycles. The van der Waals surface area contributed by atoms with Crippen LogP contribution in [0, 0.1) is 0 Å². The van der Waals surface area contributed by atoms with E-state index < -0.39 is 5.97 Å². The van der Waals surface area contributed by atoms with Crippen LogP contribution >= 0.6 is 0 Å². The topological polar surface area (TPSA) is 80.8 Å². The van der Waals surface area contributed by atoms with Gasteiger partial charge >= 0.3 is 5.97 Å². The van der Waals surface area contributed by atoms with E-state index in [0.29, 0.717) is 28.5 Å². The first-order valence-electron chi connectivity index (χ1n) is 7.70. The molecule has 0 spiro atoms. The Morgan fingerprint density at radius 3 is 2.32 bits per heavy atom. The highest BCUT2D eigenvalue weighted by molar-refractivity contribution is 5.95. The summed E-state index contributed by atoms with van der Waals surface area (Å²) >= 11 is 0. The highest BCUT2D eigenvalue weighted by Gasteiger charge is 2.19. The van der Waals surface area contributed by atoms with E-state index in [4.69, 9.17) is 14.2 Å². The van der Waals surface area contributed by atoms with Gasteiger partial charge in [-0.3, -0.25) is 4.79 Å². The van der Waals surface area contributed by atoms with E-state index in [-0.39, 0.29) is 6.42 Å². The van der Waals surface area contributed by atoms with Crippen molar-refractivity contribution in [2.45, 2.75) is 6.42 Å². The Balaban J connectivity index is 2.26. The van der Waals surface area contributed by atoms with Crippen LogP contribution in [-0.4, -0.2) is 37.4 Å². The van der Waals surface area contributed by atoms with Gasteiger partial charge in [0, 0.05) is 22.5 Å². The smallest absolute Gasteiger partial charge is 0.307 e. The van der Waals surface area contributed by atoms with Crippen LogP contribution in [0.2, 0.25) is 0 Å². The Hall–Kier alpha value is -3.15. The number of H-pyrrole nitrogens is 1. The summed E-state index contributed by atoms with van der Waals surface area (Å²) in [5, 5.41) is 10.2. The first-order chi connectivity index (χ1) is 12.1. The monoisotopic (exact) mass is 341 g/mol. The summed E-state index contributed by atoms with van der Waals surface area (Å²) < 4.78 is 16.0. The molecule has 0 saturated carbocycles. The van der Waals surface area contributed by atoms with Gasteiger partial charge in [-0.25, -0.2) is 0 Å². The number of aromatic amines is 1. The molecule has 1 heterocycles. The van der Waals surface area contributed by atoms with E-state index in [2.05, 4.69) is 4.98 Å². The third-order valence-corrected chi connectivity index (χ3v) is 4.12. The fraction of sp³-hybridized carbons (Fsp3) is 0.211. The van der Waals surface area contributed by atoms with Crippen molar-refractivity contribution in [1.29, 1.82) is 0 Å². The summed E-state index contributed by atoms with van der Waals surface area (Å²) in [4.78, 5) is 14.7. The number of carbonyl (C=O) groups is 1. The zero-order chi connectivity index (χ0) is 18.0. The lowest BCUT2D eigenvalue weighted by molar-refractivity contribution is -0.136. The average Bonchev–Trinajstić information content (AvgIpc) is 2.97. The fourth-order valence-electron chi connectivity index (χ4n) is 2.92. The Bertz CT molecular complexity index is 929. The summed E-state index contributed by atoms with van der Waals surface area (Å²) in [5.74, 6) is 1.03. The molecule has 25 heavy (non-hydrogen) atoms. The van der Waals surface area contributed by atoms with Gasteiger partial charge in [0.05, 0.1) is 33.4 Å². The summed E-state index contributed by atoms with van der Waals surface area (Å²) in [7, 11) is 4.73. The molecule has 130 valence electrons. The summed E-state index contributed by atoms with van der Waals surface area (Å²) in [5.41, 5.74) is 3.01. The minimum absolute atomic E-state index is 0.113. The first-order valence-corrected chi connectivity index (χ1v) is 7.70. The van der Waals surface area contributed by atoms with Gasteiger partial charge in [-0.2, -0.15) is 0 Å². The van der Waals surface area contributed by atoms with Crippen molar-refractivity contribution in [3.8, 4) is 28.5 Å². The van der Waals surface area contributed by atoms with E-state index in [1.54, 1.807) is 27.4 Å². The van der Waals surface area contributed by atoms with E-state index in [1.807, 2.05) is 30.3 Å². The zero-order valence-electron chi connectivity index (χ0n) is 14.3. The number of aromatic nitrogens is 1. The molecule has 0 unspecified atom stereocenters. The number of hydrogen-bond donors (Lipinski definition) is 2. The van der Waals surface area contributed by atoms with Crippen molar-refractivity contribution in [3.05, 3.63) is 42.0 Å². The second-order valence-corrected chi connectivity index (χ2v) is 5.53.